The van der Waals surface area contributed by atoms with Gasteiger partial charge < -0.3 is 34.4 Å². The van der Waals surface area contributed by atoms with Crippen molar-refractivity contribution in [1.82, 2.24) is 19.9 Å². The van der Waals surface area contributed by atoms with Gasteiger partial charge in [-0.15, -0.1) is 5.10 Å². The first-order valence-corrected chi connectivity index (χ1v) is 11.0. The second kappa shape index (κ2) is 11.9. The lowest BCUT2D eigenvalue weighted by Gasteiger charge is -2.35. The fraction of sp³-hybridized carbons (Fsp3) is 0.375. The van der Waals surface area contributed by atoms with Crippen molar-refractivity contribution in [3.05, 3.63) is 60.0 Å². The molecule has 36 heavy (non-hydrogen) atoms. The molecular formula is C24H29FN4O7. The minimum Gasteiger partial charge on any atom is -0.493 e. The monoisotopic (exact) mass is 504 g/mol. The maximum Gasteiger partial charge on any atom is 0.255 e. The van der Waals surface area contributed by atoms with E-state index in [4.69, 9.17) is 14.2 Å². The highest BCUT2D eigenvalue weighted by Gasteiger charge is 2.36. The Labute approximate surface area is 207 Å². The molecule has 3 rings (SSSR count). The van der Waals surface area contributed by atoms with Gasteiger partial charge in [-0.3, -0.25) is 4.79 Å². The number of aliphatic hydroxyl groups is 3. The van der Waals surface area contributed by atoms with Gasteiger partial charge in [0.2, 0.25) is 0 Å². The first-order chi connectivity index (χ1) is 17.2. The minimum atomic E-state index is -1.71. The third kappa shape index (κ3) is 5.97. The van der Waals surface area contributed by atoms with Gasteiger partial charge in [0.25, 0.3) is 5.91 Å². The number of benzene rings is 2. The number of hydrogen-bond acceptors (Lipinski definition) is 9. The number of aromatic nitrogens is 3. The van der Waals surface area contributed by atoms with Gasteiger partial charge in [-0.2, -0.15) is 0 Å². The molecule has 11 nitrogen and oxygen atoms in total. The minimum absolute atomic E-state index is 0.205. The number of carbonyl (C=O) groups is 1. The van der Waals surface area contributed by atoms with Crippen LogP contribution in [0, 0.1) is 5.82 Å². The third-order valence-electron chi connectivity index (χ3n) is 5.46. The zero-order valence-electron chi connectivity index (χ0n) is 20.3. The third-order valence-corrected chi connectivity index (χ3v) is 5.46. The van der Waals surface area contributed by atoms with Crippen molar-refractivity contribution in [3.63, 3.8) is 0 Å². The Morgan fingerprint density at radius 2 is 1.86 bits per heavy atom. The lowest BCUT2D eigenvalue weighted by atomic mass is 10.1. The molecule has 1 heterocycles. The van der Waals surface area contributed by atoms with Crippen LogP contribution >= 0.6 is 0 Å². The van der Waals surface area contributed by atoms with Gasteiger partial charge in [0.1, 0.15) is 17.6 Å². The topological polar surface area (TPSA) is 139 Å². The maximum absolute atomic E-state index is 13.6. The fourth-order valence-corrected chi connectivity index (χ4v) is 3.46. The quantitative estimate of drug-likeness (QED) is 0.331. The van der Waals surface area contributed by atoms with E-state index in [9.17, 15) is 24.5 Å². The number of methoxy groups -OCH3 is 2. The Balaban J connectivity index is 1.87. The van der Waals surface area contributed by atoms with Crippen molar-refractivity contribution in [2.24, 2.45) is 0 Å². The average Bonchev–Trinajstić information content (AvgIpc) is 3.40. The molecule has 0 saturated heterocycles. The van der Waals surface area contributed by atoms with E-state index >= 15 is 0 Å². The maximum atomic E-state index is 13.6. The SMILES string of the molecule is COc1ccc(C(=O)N(C)[C@H](OC(C)CO)C(O)[C@@H](O)n2cc(-c3cccc(F)c3)nn2)cc1OC. The lowest BCUT2D eigenvalue weighted by Crippen LogP contribution is -2.51. The largest absolute Gasteiger partial charge is 0.493 e. The van der Waals surface area contributed by atoms with E-state index in [0.29, 0.717) is 17.1 Å². The molecule has 2 aromatic carbocycles. The van der Waals surface area contributed by atoms with E-state index in [0.717, 1.165) is 9.58 Å². The second-order valence-corrected chi connectivity index (χ2v) is 8.00. The molecule has 4 atom stereocenters. The standard InChI is InChI=1S/C24H29FN4O7/c1-14(13-30)36-24(28(2)22(32)16-8-9-19(34-3)20(11-16)35-4)21(31)23(33)29-12-18(26-27-29)15-6-5-7-17(25)10-15/h5-12,14,21,23-24,30-31,33H,13H2,1-4H3/t14?,21?,23-,24-/m1/s1. The molecule has 194 valence electrons. The average molecular weight is 505 g/mol. The first-order valence-electron chi connectivity index (χ1n) is 11.0. The molecule has 0 spiro atoms. The summed E-state index contributed by atoms with van der Waals surface area (Å²) in [6.45, 7) is 1.14. The molecule has 0 aliphatic carbocycles. The van der Waals surface area contributed by atoms with Gasteiger partial charge in [0.15, 0.2) is 24.0 Å². The van der Waals surface area contributed by atoms with Crippen LogP contribution in [-0.4, -0.2) is 87.4 Å². The van der Waals surface area contributed by atoms with Crippen LogP contribution in [-0.2, 0) is 4.74 Å². The van der Waals surface area contributed by atoms with E-state index < -0.39 is 43.0 Å². The van der Waals surface area contributed by atoms with Crippen molar-refractivity contribution in [2.75, 3.05) is 27.9 Å². The summed E-state index contributed by atoms with van der Waals surface area (Å²) in [7, 11) is 4.28. The van der Waals surface area contributed by atoms with Crippen molar-refractivity contribution in [3.8, 4) is 22.8 Å². The van der Waals surface area contributed by atoms with Crippen molar-refractivity contribution in [2.45, 2.75) is 31.6 Å². The Kier molecular flexibility index (Phi) is 8.93. The molecule has 0 saturated carbocycles. The van der Waals surface area contributed by atoms with Crippen molar-refractivity contribution >= 4 is 5.91 Å². The summed E-state index contributed by atoms with van der Waals surface area (Å²) in [5.74, 6) is -0.277. The van der Waals surface area contributed by atoms with E-state index in [-0.39, 0.29) is 11.3 Å². The molecule has 3 aromatic rings. The molecule has 12 heteroatoms. The molecule has 3 N–H and O–H groups in total. The van der Waals surface area contributed by atoms with Crippen LogP contribution in [0.1, 0.15) is 23.5 Å². The van der Waals surface area contributed by atoms with E-state index in [2.05, 4.69) is 10.3 Å². The predicted molar refractivity (Wildman–Crippen MR) is 126 cm³/mol. The Hall–Kier alpha value is -3.58. The smallest absolute Gasteiger partial charge is 0.255 e. The summed E-state index contributed by atoms with van der Waals surface area (Å²) in [5, 5.41) is 39.1. The van der Waals surface area contributed by atoms with E-state index in [1.807, 2.05) is 0 Å². The van der Waals surface area contributed by atoms with E-state index in [1.54, 1.807) is 19.1 Å². The summed E-state index contributed by atoms with van der Waals surface area (Å²) in [6, 6.07) is 10.2. The molecule has 0 bridgehead atoms. The number of hydrogen-bond donors (Lipinski definition) is 3. The highest BCUT2D eigenvalue weighted by molar-refractivity contribution is 5.95. The van der Waals surface area contributed by atoms with Crippen LogP contribution in [0.25, 0.3) is 11.3 Å². The van der Waals surface area contributed by atoms with Gasteiger partial charge in [-0.05, 0) is 37.3 Å². The highest BCUT2D eigenvalue weighted by atomic mass is 19.1. The van der Waals surface area contributed by atoms with Gasteiger partial charge >= 0.3 is 0 Å². The molecule has 1 amide bonds. The highest BCUT2D eigenvalue weighted by Crippen LogP contribution is 2.29. The zero-order valence-corrected chi connectivity index (χ0v) is 20.3. The predicted octanol–water partition coefficient (Wildman–Crippen LogP) is 1.45. The Morgan fingerprint density at radius 3 is 2.50 bits per heavy atom. The van der Waals surface area contributed by atoms with Crippen LogP contribution in [0.3, 0.4) is 0 Å². The van der Waals surface area contributed by atoms with Crippen LogP contribution < -0.4 is 9.47 Å². The van der Waals surface area contributed by atoms with Crippen LogP contribution in [0.4, 0.5) is 4.39 Å². The summed E-state index contributed by atoms with van der Waals surface area (Å²) in [4.78, 5) is 14.3. The van der Waals surface area contributed by atoms with Crippen LogP contribution in [0.15, 0.2) is 48.7 Å². The number of likely N-dealkylation sites (N-methyl/N-ethyl adjacent to an activating group) is 1. The normalized spacial score (nSPS) is 14.6. The van der Waals surface area contributed by atoms with Gasteiger partial charge in [0, 0.05) is 18.2 Å². The molecule has 0 radical (unpaired) electrons. The number of rotatable bonds is 11. The summed E-state index contributed by atoms with van der Waals surface area (Å²) in [5.41, 5.74) is 0.887. The van der Waals surface area contributed by atoms with Crippen LogP contribution in [0.2, 0.25) is 0 Å². The number of amides is 1. The molecule has 0 aliphatic rings. The molecule has 1 aromatic heterocycles. The number of halogens is 1. The van der Waals surface area contributed by atoms with Crippen LogP contribution in [0.5, 0.6) is 11.5 Å². The Morgan fingerprint density at radius 1 is 1.14 bits per heavy atom. The summed E-state index contributed by atoms with van der Waals surface area (Å²) < 4.78 is 30.7. The lowest BCUT2D eigenvalue weighted by molar-refractivity contribution is -0.180. The number of nitrogens with zero attached hydrogens (tertiary/aromatic N) is 4. The molecular weight excluding hydrogens is 475 g/mol. The van der Waals surface area contributed by atoms with Crippen molar-refractivity contribution < 1.29 is 38.7 Å². The number of aliphatic hydroxyl groups excluding tert-OH is 3. The molecule has 0 aliphatic heterocycles. The number of ether oxygens (including phenoxy) is 3. The zero-order chi connectivity index (χ0) is 26.4. The van der Waals surface area contributed by atoms with Gasteiger partial charge in [0.05, 0.1) is 33.1 Å². The summed E-state index contributed by atoms with van der Waals surface area (Å²) >= 11 is 0. The second-order valence-electron chi connectivity index (χ2n) is 8.00. The van der Waals surface area contributed by atoms with Gasteiger partial charge in [-0.1, -0.05) is 17.3 Å². The molecule has 0 fully saturated rings. The Bertz CT molecular complexity index is 1170. The molecule has 2 unspecified atom stereocenters. The van der Waals surface area contributed by atoms with Gasteiger partial charge in [-0.25, -0.2) is 9.07 Å². The first kappa shape index (κ1) is 27.0. The number of carbonyl (C=O) groups excluding carboxylic acids is 1. The van der Waals surface area contributed by atoms with E-state index in [1.165, 1.54) is 57.8 Å². The van der Waals surface area contributed by atoms with Crippen molar-refractivity contribution in [1.29, 1.82) is 0 Å². The fourth-order valence-electron chi connectivity index (χ4n) is 3.46. The summed E-state index contributed by atoms with van der Waals surface area (Å²) in [6.07, 6.45) is -4.27.